The van der Waals surface area contributed by atoms with E-state index in [9.17, 15) is 4.79 Å². The average molecular weight is 402 g/mol. The molecule has 1 atom stereocenters. The molecule has 0 spiro atoms. The molecule has 0 aliphatic carbocycles. The molecule has 1 aliphatic rings. The molecule has 0 radical (unpaired) electrons. The minimum Gasteiger partial charge on any atom is -0.352 e. The van der Waals surface area contributed by atoms with E-state index in [1.165, 1.54) is 12.8 Å². The topological polar surface area (TPSA) is 63.1 Å². The Labute approximate surface area is 177 Å². The van der Waals surface area contributed by atoms with Crippen molar-refractivity contribution >= 4 is 12.0 Å². The number of nitrogens with one attached hydrogen (secondary N) is 1. The SMILES string of the molecule is CN1CCCC(CNC(=O)C=Cc2cn(-c3ccccc3)nc2-c2cccnc2)C1. The third-order valence-electron chi connectivity index (χ3n) is 5.40. The standard InChI is InChI=1S/C24H27N5O/c1-28-14-6-7-19(17-28)15-26-23(30)12-11-21-18-29(22-9-3-2-4-10-22)27-24(21)20-8-5-13-25-16-20/h2-5,8-13,16,18-19H,6-7,14-15,17H2,1H3,(H,26,30). The van der Waals surface area contributed by atoms with Gasteiger partial charge in [0.25, 0.3) is 0 Å². The van der Waals surface area contributed by atoms with Crippen molar-refractivity contribution in [2.45, 2.75) is 12.8 Å². The van der Waals surface area contributed by atoms with Crippen molar-refractivity contribution in [1.82, 2.24) is 25.0 Å². The van der Waals surface area contributed by atoms with Crippen LogP contribution in [0, 0.1) is 5.92 Å². The van der Waals surface area contributed by atoms with E-state index in [1.54, 1.807) is 18.5 Å². The number of aromatic nitrogens is 3. The van der Waals surface area contributed by atoms with Crippen molar-refractivity contribution in [1.29, 1.82) is 0 Å². The number of benzene rings is 1. The van der Waals surface area contributed by atoms with Gasteiger partial charge in [0, 0.05) is 48.9 Å². The minimum atomic E-state index is -0.0761. The molecule has 1 aromatic carbocycles. The number of para-hydroxylation sites is 1. The Morgan fingerprint density at radius 2 is 2.10 bits per heavy atom. The van der Waals surface area contributed by atoms with Gasteiger partial charge >= 0.3 is 0 Å². The number of hydrogen-bond donors (Lipinski definition) is 1. The van der Waals surface area contributed by atoms with E-state index in [2.05, 4.69) is 22.2 Å². The van der Waals surface area contributed by atoms with Gasteiger partial charge < -0.3 is 10.2 Å². The quantitative estimate of drug-likeness (QED) is 0.643. The van der Waals surface area contributed by atoms with Crippen molar-refractivity contribution in [2.24, 2.45) is 5.92 Å². The maximum atomic E-state index is 12.4. The summed E-state index contributed by atoms with van der Waals surface area (Å²) in [6.07, 6.45) is 11.3. The first kappa shape index (κ1) is 20.0. The van der Waals surface area contributed by atoms with Gasteiger partial charge in [-0.25, -0.2) is 4.68 Å². The molecule has 1 amide bonds. The number of amides is 1. The van der Waals surface area contributed by atoms with Gasteiger partial charge in [0.2, 0.25) is 5.91 Å². The van der Waals surface area contributed by atoms with Gasteiger partial charge in [0.15, 0.2) is 0 Å². The average Bonchev–Trinajstić information content (AvgIpc) is 3.22. The maximum absolute atomic E-state index is 12.4. The molecule has 4 rings (SSSR count). The van der Waals surface area contributed by atoms with Crippen LogP contribution in [-0.2, 0) is 4.79 Å². The lowest BCUT2D eigenvalue weighted by atomic mass is 9.98. The molecule has 154 valence electrons. The highest BCUT2D eigenvalue weighted by molar-refractivity contribution is 5.92. The van der Waals surface area contributed by atoms with Crippen LogP contribution in [0.5, 0.6) is 0 Å². The second-order valence-corrected chi connectivity index (χ2v) is 7.80. The molecular formula is C24H27N5O. The van der Waals surface area contributed by atoms with Crippen LogP contribution in [0.3, 0.4) is 0 Å². The van der Waals surface area contributed by atoms with Gasteiger partial charge in [-0.2, -0.15) is 5.10 Å². The Kier molecular flexibility index (Phi) is 6.35. The summed E-state index contributed by atoms with van der Waals surface area (Å²) in [6, 6.07) is 13.8. The van der Waals surface area contributed by atoms with E-state index in [0.29, 0.717) is 12.5 Å². The van der Waals surface area contributed by atoms with Gasteiger partial charge in [-0.15, -0.1) is 0 Å². The zero-order chi connectivity index (χ0) is 20.8. The molecule has 1 aliphatic heterocycles. The first-order valence-electron chi connectivity index (χ1n) is 10.4. The monoisotopic (exact) mass is 401 g/mol. The molecule has 6 heteroatoms. The highest BCUT2D eigenvalue weighted by atomic mass is 16.1. The fraction of sp³-hybridized carbons (Fsp3) is 0.292. The van der Waals surface area contributed by atoms with Gasteiger partial charge in [0.1, 0.15) is 5.69 Å². The number of carbonyl (C=O) groups excluding carboxylic acids is 1. The molecule has 3 heterocycles. The second kappa shape index (κ2) is 9.50. The minimum absolute atomic E-state index is 0.0761. The van der Waals surface area contributed by atoms with E-state index >= 15 is 0 Å². The van der Waals surface area contributed by atoms with E-state index in [-0.39, 0.29) is 5.91 Å². The van der Waals surface area contributed by atoms with Crippen LogP contribution in [0.1, 0.15) is 18.4 Å². The first-order valence-corrected chi connectivity index (χ1v) is 10.4. The molecule has 1 N–H and O–H groups in total. The normalized spacial score (nSPS) is 17.3. The number of rotatable bonds is 6. The van der Waals surface area contributed by atoms with E-state index in [0.717, 1.165) is 35.6 Å². The summed E-state index contributed by atoms with van der Waals surface area (Å²) in [5, 5.41) is 7.79. The number of likely N-dealkylation sites (tertiary alicyclic amines) is 1. The Balaban J connectivity index is 1.50. The molecular weight excluding hydrogens is 374 g/mol. The second-order valence-electron chi connectivity index (χ2n) is 7.80. The Morgan fingerprint density at radius 3 is 2.87 bits per heavy atom. The van der Waals surface area contributed by atoms with Gasteiger partial charge in [-0.05, 0) is 62.7 Å². The summed E-state index contributed by atoms with van der Waals surface area (Å²) in [6.45, 7) is 2.90. The van der Waals surface area contributed by atoms with E-state index in [1.807, 2.05) is 59.4 Å². The van der Waals surface area contributed by atoms with Crippen LogP contribution in [0.25, 0.3) is 23.0 Å². The van der Waals surface area contributed by atoms with Crippen LogP contribution < -0.4 is 5.32 Å². The zero-order valence-electron chi connectivity index (χ0n) is 17.2. The first-order chi connectivity index (χ1) is 14.7. The van der Waals surface area contributed by atoms with Crippen molar-refractivity contribution in [2.75, 3.05) is 26.7 Å². The smallest absolute Gasteiger partial charge is 0.244 e. The number of hydrogen-bond acceptors (Lipinski definition) is 4. The van der Waals surface area contributed by atoms with Gasteiger partial charge in [-0.1, -0.05) is 18.2 Å². The number of piperidine rings is 1. The van der Waals surface area contributed by atoms with Gasteiger partial charge in [0.05, 0.1) is 5.69 Å². The van der Waals surface area contributed by atoms with E-state index in [4.69, 9.17) is 5.10 Å². The summed E-state index contributed by atoms with van der Waals surface area (Å²) < 4.78 is 1.83. The fourth-order valence-corrected chi connectivity index (χ4v) is 3.86. The Bertz CT molecular complexity index is 997. The molecule has 6 nitrogen and oxygen atoms in total. The number of nitrogens with zero attached hydrogens (tertiary/aromatic N) is 4. The molecule has 3 aromatic rings. The number of carbonyl (C=O) groups is 1. The largest absolute Gasteiger partial charge is 0.352 e. The molecule has 2 aromatic heterocycles. The molecule has 1 fully saturated rings. The van der Waals surface area contributed by atoms with Crippen LogP contribution in [0.4, 0.5) is 0 Å². The van der Waals surface area contributed by atoms with Crippen LogP contribution >= 0.6 is 0 Å². The predicted molar refractivity (Wildman–Crippen MR) is 119 cm³/mol. The third-order valence-corrected chi connectivity index (χ3v) is 5.40. The summed E-state index contributed by atoms with van der Waals surface area (Å²) >= 11 is 0. The molecule has 1 saturated heterocycles. The lowest BCUT2D eigenvalue weighted by molar-refractivity contribution is -0.116. The fourth-order valence-electron chi connectivity index (χ4n) is 3.86. The summed E-state index contributed by atoms with van der Waals surface area (Å²) in [7, 11) is 2.14. The molecule has 30 heavy (non-hydrogen) atoms. The highest BCUT2D eigenvalue weighted by Gasteiger charge is 2.17. The van der Waals surface area contributed by atoms with Gasteiger partial charge in [-0.3, -0.25) is 9.78 Å². The van der Waals surface area contributed by atoms with Crippen molar-refractivity contribution in [3.63, 3.8) is 0 Å². The van der Waals surface area contributed by atoms with Crippen LogP contribution in [0.2, 0.25) is 0 Å². The van der Waals surface area contributed by atoms with Crippen molar-refractivity contribution in [3.05, 3.63) is 72.7 Å². The van der Waals surface area contributed by atoms with Crippen molar-refractivity contribution in [3.8, 4) is 16.9 Å². The molecule has 0 saturated carbocycles. The van der Waals surface area contributed by atoms with Crippen LogP contribution in [-0.4, -0.2) is 52.3 Å². The summed E-state index contributed by atoms with van der Waals surface area (Å²) in [4.78, 5) is 19.0. The molecule has 0 bridgehead atoms. The highest BCUT2D eigenvalue weighted by Crippen LogP contribution is 2.24. The predicted octanol–water partition coefficient (Wildman–Crippen LogP) is 3.41. The lowest BCUT2D eigenvalue weighted by Crippen LogP contribution is -2.38. The summed E-state index contributed by atoms with van der Waals surface area (Å²) in [5.41, 5.74) is 3.55. The van der Waals surface area contributed by atoms with E-state index < -0.39 is 0 Å². The van der Waals surface area contributed by atoms with Crippen molar-refractivity contribution < 1.29 is 4.79 Å². The molecule has 1 unspecified atom stereocenters. The Hall–Kier alpha value is -3.25. The lowest BCUT2D eigenvalue weighted by Gasteiger charge is -2.29. The maximum Gasteiger partial charge on any atom is 0.244 e. The summed E-state index contributed by atoms with van der Waals surface area (Å²) in [5.74, 6) is 0.445. The zero-order valence-corrected chi connectivity index (χ0v) is 17.2. The van der Waals surface area contributed by atoms with Crippen LogP contribution in [0.15, 0.2) is 67.1 Å². The third kappa shape index (κ3) is 5.02. The number of pyridine rings is 1. The Morgan fingerprint density at radius 1 is 1.23 bits per heavy atom.